The monoisotopic (exact) mass is 801 g/mol. The third-order valence-corrected chi connectivity index (χ3v) is 12.2. The Bertz CT molecular complexity index is 1570. The summed E-state index contributed by atoms with van der Waals surface area (Å²) < 4.78 is 29.1. The third-order valence-electron chi connectivity index (χ3n) is 12.2. The van der Waals surface area contributed by atoms with Crippen LogP contribution in [-0.2, 0) is 47.9 Å². The number of alkyl halides is 1. The van der Waals surface area contributed by atoms with Crippen molar-refractivity contribution in [3.05, 3.63) is 23.8 Å². The standard InChI is InChI=1S/C36H52FN3O16/c1-21-16-25-24-11-10-22-17-23(41)12-13-33(22,2)35(24,37)27(42)19-34(25,3)36(21,56-30(45)9-7-15-55-40(51)52)28(43)20-53-31(46)18-26(32(47)48)38-29(44)8-5-4-6-14-54-39(49)50/h12-13,17,21,24-27,42,49-52H,4-11,14-16,18-20H2,1-3H3,(H,38,44)(H,47,48)/t21-,24?,25?,26?,27+,33+,34+,35+,36+/m1/s1. The van der Waals surface area contributed by atoms with Crippen molar-refractivity contribution in [2.75, 3.05) is 19.8 Å². The predicted molar refractivity (Wildman–Crippen MR) is 182 cm³/mol. The number of aliphatic hydroxyl groups excluding tert-OH is 1. The lowest BCUT2D eigenvalue weighted by atomic mass is 9.44. The maximum absolute atomic E-state index is 17.8. The van der Waals surface area contributed by atoms with Crippen LogP contribution in [-0.4, -0.2) is 120 Å². The second-order valence-electron chi connectivity index (χ2n) is 15.4. The fourth-order valence-corrected chi connectivity index (χ4v) is 9.65. The first-order valence-electron chi connectivity index (χ1n) is 18.6. The lowest BCUT2D eigenvalue weighted by molar-refractivity contribution is -0.492. The maximum atomic E-state index is 17.8. The van der Waals surface area contributed by atoms with Crippen LogP contribution in [0.3, 0.4) is 0 Å². The molecular weight excluding hydrogens is 749 g/mol. The SMILES string of the molecule is C[C@@H]1CC2C3CCC4=CC(=O)C=C[C@]4(C)[C@@]3(F)[C@@H](O)C[C@]2(C)[C@@]1(OC(=O)CCCON(O)O)C(=O)COC(=O)CC(NC(=O)CCCCCON(O)O)C(=O)O. The van der Waals surface area contributed by atoms with Crippen molar-refractivity contribution in [2.24, 2.45) is 28.6 Å². The summed E-state index contributed by atoms with van der Waals surface area (Å²) in [5, 5.41) is 57.5. The van der Waals surface area contributed by atoms with Gasteiger partial charge in [-0.3, -0.25) is 54.5 Å². The van der Waals surface area contributed by atoms with Crippen molar-refractivity contribution in [2.45, 2.75) is 115 Å². The second kappa shape index (κ2) is 18.2. The summed E-state index contributed by atoms with van der Waals surface area (Å²) >= 11 is 0. The molecule has 4 aliphatic rings. The van der Waals surface area contributed by atoms with Crippen LogP contribution in [0.4, 0.5) is 4.39 Å². The van der Waals surface area contributed by atoms with Crippen molar-refractivity contribution >= 4 is 35.4 Å². The average Bonchev–Trinajstić information content (AvgIpc) is 3.33. The molecule has 0 aromatic carbocycles. The summed E-state index contributed by atoms with van der Waals surface area (Å²) in [5.74, 6) is -7.82. The van der Waals surface area contributed by atoms with Crippen molar-refractivity contribution in [3.8, 4) is 0 Å². The molecule has 4 rings (SSSR count). The van der Waals surface area contributed by atoms with E-state index in [9.17, 15) is 39.0 Å². The zero-order chi connectivity index (χ0) is 41.6. The van der Waals surface area contributed by atoms with Gasteiger partial charge < -0.3 is 25.0 Å². The van der Waals surface area contributed by atoms with Gasteiger partial charge in [-0.25, -0.2) is 9.18 Å². The van der Waals surface area contributed by atoms with Gasteiger partial charge in [-0.2, -0.15) is 0 Å². The number of aliphatic carboxylic acids is 1. The number of allylic oxidation sites excluding steroid dienone is 4. The highest BCUT2D eigenvalue weighted by Crippen LogP contribution is 2.71. The van der Waals surface area contributed by atoms with Gasteiger partial charge in [-0.1, -0.05) is 31.9 Å². The molecule has 3 unspecified atom stereocenters. The number of ketones is 2. The second-order valence-corrected chi connectivity index (χ2v) is 15.4. The highest BCUT2D eigenvalue weighted by atomic mass is 19.1. The van der Waals surface area contributed by atoms with Gasteiger partial charge in [0.2, 0.25) is 11.7 Å². The molecule has 0 bridgehead atoms. The van der Waals surface area contributed by atoms with E-state index in [4.69, 9.17) is 30.3 Å². The van der Waals surface area contributed by atoms with E-state index in [2.05, 4.69) is 15.0 Å². The van der Waals surface area contributed by atoms with Crippen LogP contribution in [0, 0.1) is 28.6 Å². The molecule has 0 spiro atoms. The van der Waals surface area contributed by atoms with Crippen molar-refractivity contribution in [1.82, 2.24) is 16.1 Å². The van der Waals surface area contributed by atoms with Gasteiger partial charge in [0.1, 0.15) is 6.04 Å². The fraction of sp³-hybridized carbons (Fsp3) is 0.722. The number of halogens is 1. The average molecular weight is 802 g/mol. The van der Waals surface area contributed by atoms with Crippen LogP contribution in [0.5, 0.6) is 0 Å². The van der Waals surface area contributed by atoms with Crippen LogP contribution >= 0.6 is 0 Å². The minimum absolute atomic E-state index is 0.0461. The first-order valence-corrected chi connectivity index (χ1v) is 18.6. The first-order chi connectivity index (χ1) is 26.2. The molecule has 3 saturated carbocycles. The Morgan fingerprint density at radius 1 is 0.964 bits per heavy atom. The highest BCUT2D eigenvalue weighted by molar-refractivity contribution is 6.01. The number of nitrogens with zero attached hydrogens (tertiary/aromatic N) is 2. The number of carbonyl (C=O) groups is 6. The fourth-order valence-electron chi connectivity index (χ4n) is 9.65. The van der Waals surface area contributed by atoms with E-state index in [-0.39, 0.29) is 63.9 Å². The predicted octanol–water partition coefficient (Wildman–Crippen LogP) is 2.32. The smallest absolute Gasteiger partial charge is 0.326 e. The molecule has 314 valence electrons. The van der Waals surface area contributed by atoms with Gasteiger partial charge in [0.25, 0.3) is 0 Å². The topological polar surface area (TPSA) is 279 Å². The van der Waals surface area contributed by atoms with Gasteiger partial charge in [0, 0.05) is 35.5 Å². The van der Waals surface area contributed by atoms with E-state index in [0.29, 0.717) is 24.8 Å². The number of ether oxygens (including phenoxy) is 2. The number of rotatable bonds is 20. The molecule has 7 N–H and O–H groups in total. The quantitative estimate of drug-likeness (QED) is 0.0528. The number of aliphatic hydroxyl groups is 1. The van der Waals surface area contributed by atoms with Crippen LogP contribution in [0.25, 0.3) is 0 Å². The summed E-state index contributed by atoms with van der Waals surface area (Å²) in [6, 6.07) is -1.72. The van der Waals surface area contributed by atoms with Crippen LogP contribution in [0.2, 0.25) is 0 Å². The molecule has 56 heavy (non-hydrogen) atoms. The highest BCUT2D eigenvalue weighted by Gasteiger charge is 2.77. The number of Topliss-reactive ketones (excluding diaryl/α,β-unsaturated/α-hetero) is 1. The van der Waals surface area contributed by atoms with Crippen LogP contribution in [0.1, 0.15) is 91.4 Å². The number of carboxylic acid groups (broad SMARTS) is 1. The Morgan fingerprint density at radius 3 is 2.27 bits per heavy atom. The number of unbranched alkanes of at least 4 members (excludes halogenated alkanes) is 2. The van der Waals surface area contributed by atoms with E-state index < -0.39 is 105 Å². The van der Waals surface area contributed by atoms with E-state index >= 15 is 4.39 Å². The minimum atomic E-state index is -2.27. The molecule has 19 nitrogen and oxygen atoms in total. The third kappa shape index (κ3) is 9.03. The summed E-state index contributed by atoms with van der Waals surface area (Å²) in [6.45, 7) is 3.52. The zero-order valence-corrected chi connectivity index (χ0v) is 31.6. The van der Waals surface area contributed by atoms with E-state index in [1.54, 1.807) is 20.8 Å². The number of hydrogen-bond donors (Lipinski definition) is 7. The molecule has 0 heterocycles. The number of nitrogens with one attached hydrogen (secondary N) is 1. The van der Waals surface area contributed by atoms with Gasteiger partial charge in [-0.05, 0) is 69.9 Å². The number of carbonyl (C=O) groups excluding carboxylic acids is 5. The Hall–Kier alpha value is -3.73. The maximum Gasteiger partial charge on any atom is 0.326 e. The molecule has 9 atom stereocenters. The number of hydrogen-bond acceptors (Lipinski definition) is 17. The van der Waals surface area contributed by atoms with Crippen LogP contribution < -0.4 is 5.32 Å². The van der Waals surface area contributed by atoms with Gasteiger partial charge in [0.15, 0.2) is 23.7 Å². The largest absolute Gasteiger partial charge is 0.480 e. The number of fused-ring (bicyclic) bond motifs is 5. The first kappa shape index (κ1) is 45.0. The molecule has 0 aromatic rings. The van der Waals surface area contributed by atoms with Gasteiger partial charge >= 0.3 is 17.9 Å². The van der Waals surface area contributed by atoms with E-state index in [1.165, 1.54) is 18.2 Å². The lowest BCUT2D eigenvalue weighted by Gasteiger charge is -2.62. The summed E-state index contributed by atoms with van der Waals surface area (Å²) in [7, 11) is 0. The molecule has 0 aromatic heterocycles. The molecule has 0 aliphatic heterocycles. The molecule has 3 fully saturated rings. The van der Waals surface area contributed by atoms with Gasteiger partial charge in [0.05, 0.1) is 36.5 Å². The molecule has 4 aliphatic carbocycles. The number of carboxylic acids is 1. The zero-order valence-electron chi connectivity index (χ0n) is 31.6. The Labute approximate surface area is 321 Å². The Balaban J connectivity index is 1.53. The summed E-state index contributed by atoms with van der Waals surface area (Å²) in [5.41, 5.74) is -6.55. The minimum Gasteiger partial charge on any atom is -0.480 e. The van der Waals surface area contributed by atoms with Crippen molar-refractivity contribution < 1.29 is 83.3 Å². The summed E-state index contributed by atoms with van der Waals surface area (Å²) in [4.78, 5) is 86.4. The molecule has 1 amide bonds. The van der Waals surface area contributed by atoms with E-state index in [1.807, 2.05) is 0 Å². The van der Waals surface area contributed by atoms with Crippen molar-refractivity contribution in [1.29, 1.82) is 0 Å². The van der Waals surface area contributed by atoms with E-state index in [0.717, 1.165) is 0 Å². The normalized spacial score (nSPS) is 32.6. The lowest BCUT2D eigenvalue weighted by Crippen LogP contribution is -2.70. The Morgan fingerprint density at radius 2 is 1.62 bits per heavy atom. The molecule has 0 radical (unpaired) electrons. The molecule has 20 heteroatoms. The Kier molecular flexibility index (Phi) is 14.7. The van der Waals surface area contributed by atoms with Gasteiger partial charge in [-0.15, -0.1) is 0 Å². The summed E-state index contributed by atoms with van der Waals surface area (Å²) in [6.07, 6.45) is 2.45. The molecule has 0 saturated heterocycles. The number of esters is 2. The van der Waals surface area contributed by atoms with Crippen molar-refractivity contribution in [3.63, 3.8) is 0 Å². The van der Waals surface area contributed by atoms with Crippen LogP contribution in [0.15, 0.2) is 23.8 Å². The number of amides is 1. The molecular formula is C36H52FN3O16.